The van der Waals surface area contributed by atoms with E-state index in [4.69, 9.17) is 4.74 Å². The topological polar surface area (TPSA) is 102 Å². The smallest absolute Gasteiger partial charge is 0.343 e. The maximum absolute atomic E-state index is 13.1. The van der Waals surface area contributed by atoms with E-state index < -0.39 is 16.0 Å². The predicted molar refractivity (Wildman–Crippen MR) is 128 cm³/mol. The monoisotopic (exact) mass is 482 g/mol. The summed E-state index contributed by atoms with van der Waals surface area (Å²) < 4.78 is 37.6. The summed E-state index contributed by atoms with van der Waals surface area (Å²) in [5.74, 6) is -0.546. The number of ether oxygens (including phenoxy) is 2. The Morgan fingerprint density at radius 3 is 2.44 bits per heavy atom. The standard InChI is InChI=1S/C25H26N2O6S/c1-32-24(28)17-33-22-8-4-7-21(16-22)26-25(29)19-11-13-27(14-12-19)34(30,31)23-10-9-18-5-2-3-6-20(18)15-23/h2-10,15-16,19H,11-14,17H2,1H3,(H,26,29). The number of hydrogen-bond donors (Lipinski definition) is 1. The van der Waals surface area contributed by atoms with Gasteiger partial charge >= 0.3 is 5.97 Å². The van der Waals surface area contributed by atoms with Gasteiger partial charge in [0.25, 0.3) is 0 Å². The van der Waals surface area contributed by atoms with E-state index in [2.05, 4.69) is 10.1 Å². The van der Waals surface area contributed by atoms with Crippen LogP contribution >= 0.6 is 0 Å². The van der Waals surface area contributed by atoms with Gasteiger partial charge in [-0.05, 0) is 47.9 Å². The second-order valence-electron chi connectivity index (χ2n) is 8.07. The Kier molecular flexibility index (Phi) is 7.14. The Labute approximate surface area is 198 Å². The average Bonchev–Trinajstić information content (AvgIpc) is 2.87. The van der Waals surface area contributed by atoms with Crippen LogP contribution in [0.4, 0.5) is 5.69 Å². The van der Waals surface area contributed by atoms with Crippen molar-refractivity contribution < 1.29 is 27.5 Å². The van der Waals surface area contributed by atoms with Crippen LogP contribution < -0.4 is 10.1 Å². The van der Waals surface area contributed by atoms with Gasteiger partial charge in [-0.15, -0.1) is 0 Å². The van der Waals surface area contributed by atoms with Crippen molar-refractivity contribution in [2.45, 2.75) is 17.7 Å². The van der Waals surface area contributed by atoms with E-state index in [1.165, 1.54) is 11.4 Å². The van der Waals surface area contributed by atoms with Gasteiger partial charge in [0.05, 0.1) is 12.0 Å². The van der Waals surface area contributed by atoms with Crippen LogP contribution in [0.1, 0.15) is 12.8 Å². The minimum Gasteiger partial charge on any atom is -0.482 e. The van der Waals surface area contributed by atoms with Crippen molar-refractivity contribution in [1.29, 1.82) is 0 Å². The first-order chi connectivity index (χ1) is 16.4. The minimum absolute atomic E-state index is 0.173. The van der Waals surface area contributed by atoms with Crippen molar-refractivity contribution in [3.63, 3.8) is 0 Å². The highest BCUT2D eigenvalue weighted by atomic mass is 32.2. The molecular formula is C25H26N2O6S. The molecule has 1 aliphatic rings. The van der Waals surface area contributed by atoms with Gasteiger partial charge in [0, 0.05) is 30.8 Å². The second kappa shape index (κ2) is 10.2. The molecule has 0 unspecified atom stereocenters. The van der Waals surface area contributed by atoms with Crippen LogP contribution in [0, 0.1) is 5.92 Å². The van der Waals surface area contributed by atoms with Crippen LogP contribution in [-0.2, 0) is 24.3 Å². The molecule has 34 heavy (non-hydrogen) atoms. The molecule has 1 amide bonds. The fourth-order valence-electron chi connectivity index (χ4n) is 3.94. The number of fused-ring (bicyclic) bond motifs is 1. The van der Waals surface area contributed by atoms with Crippen molar-refractivity contribution >= 4 is 38.4 Å². The number of rotatable bonds is 7. The Morgan fingerprint density at radius 1 is 0.971 bits per heavy atom. The highest BCUT2D eigenvalue weighted by Gasteiger charge is 2.32. The zero-order chi connectivity index (χ0) is 24.1. The lowest BCUT2D eigenvalue weighted by molar-refractivity contribution is -0.142. The van der Waals surface area contributed by atoms with Gasteiger partial charge in [-0.2, -0.15) is 4.31 Å². The maximum atomic E-state index is 13.1. The molecular weight excluding hydrogens is 456 g/mol. The fourth-order valence-corrected chi connectivity index (χ4v) is 5.45. The molecule has 0 bridgehead atoms. The Balaban J connectivity index is 1.35. The highest BCUT2D eigenvalue weighted by molar-refractivity contribution is 7.89. The van der Waals surface area contributed by atoms with Crippen LogP contribution in [0.3, 0.4) is 0 Å². The van der Waals surface area contributed by atoms with Gasteiger partial charge in [0.15, 0.2) is 6.61 Å². The molecule has 9 heteroatoms. The Bertz CT molecular complexity index is 1300. The molecule has 3 aromatic rings. The maximum Gasteiger partial charge on any atom is 0.343 e. The number of benzene rings is 3. The van der Waals surface area contributed by atoms with Crippen LogP contribution in [0.5, 0.6) is 5.75 Å². The number of methoxy groups -OCH3 is 1. The number of amides is 1. The molecule has 1 fully saturated rings. The molecule has 1 heterocycles. The third-order valence-electron chi connectivity index (χ3n) is 5.87. The van der Waals surface area contributed by atoms with E-state index in [0.29, 0.717) is 24.3 Å². The number of nitrogens with one attached hydrogen (secondary N) is 1. The molecule has 0 atom stereocenters. The van der Waals surface area contributed by atoms with Gasteiger partial charge in [-0.3, -0.25) is 4.79 Å². The Morgan fingerprint density at radius 2 is 1.71 bits per heavy atom. The largest absolute Gasteiger partial charge is 0.482 e. The third kappa shape index (κ3) is 5.37. The van der Waals surface area contributed by atoms with Crippen LogP contribution in [0.15, 0.2) is 71.6 Å². The summed E-state index contributed by atoms with van der Waals surface area (Å²) in [6, 6.07) is 19.5. The normalized spacial score (nSPS) is 15.1. The summed E-state index contributed by atoms with van der Waals surface area (Å²) in [4.78, 5) is 24.3. The van der Waals surface area contributed by atoms with Gasteiger partial charge in [-0.1, -0.05) is 36.4 Å². The number of nitrogens with zero attached hydrogens (tertiary/aromatic N) is 1. The summed E-state index contributed by atoms with van der Waals surface area (Å²) in [5.41, 5.74) is 0.540. The first kappa shape index (κ1) is 23.7. The van der Waals surface area contributed by atoms with Crippen LogP contribution in [-0.4, -0.2) is 51.4 Å². The average molecular weight is 483 g/mol. The molecule has 4 rings (SSSR count). The number of sulfonamides is 1. The molecule has 178 valence electrons. The zero-order valence-corrected chi connectivity index (χ0v) is 19.6. The van der Waals surface area contributed by atoms with Crippen molar-refractivity contribution in [3.05, 3.63) is 66.7 Å². The lowest BCUT2D eigenvalue weighted by Crippen LogP contribution is -2.41. The number of esters is 1. The van der Waals surface area contributed by atoms with E-state index in [1.54, 1.807) is 36.4 Å². The number of carbonyl (C=O) groups is 2. The van der Waals surface area contributed by atoms with E-state index in [0.717, 1.165) is 10.8 Å². The first-order valence-corrected chi connectivity index (χ1v) is 12.4. The molecule has 0 radical (unpaired) electrons. The molecule has 8 nitrogen and oxygen atoms in total. The molecule has 0 aromatic heterocycles. The summed E-state index contributed by atoms with van der Waals surface area (Å²) in [7, 11) is -2.36. The van der Waals surface area contributed by atoms with Crippen molar-refractivity contribution in [2.75, 3.05) is 32.1 Å². The van der Waals surface area contributed by atoms with Crippen LogP contribution in [0.25, 0.3) is 10.8 Å². The molecule has 1 aliphatic heterocycles. The lowest BCUT2D eigenvalue weighted by Gasteiger charge is -2.30. The number of carbonyl (C=O) groups excluding carboxylic acids is 2. The zero-order valence-electron chi connectivity index (χ0n) is 18.8. The second-order valence-corrected chi connectivity index (χ2v) is 10.0. The molecule has 0 aliphatic carbocycles. The van der Waals surface area contributed by atoms with Crippen molar-refractivity contribution in [3.8, 4) is 5.75 Å². The quantitative estimate of drug-likeness (QED) is 0.518. The van der Waals surface area contributed by atoms with Gasteiger partial charge < -0.3 is 14.8 Å². The SMILES string of the molecule is COC(=O)COc1cccc(NC(=O)C2CCN(S(=O)(=O)c3ccc4ccccc4c3)CC2)c1. The number of hydrogen-bond acceptors (Lipinski definition) is 6. The molecule has 1 saturated heterocycles. The van der Waals surface area contributed by atoms with Gasteiger partial charge in [0.2, 0.25) is 15.9 Å². The Hall–Kier alpha value is -3.43. The summed E-state index contributed by atoms with van der Waals surface area (Å²) in [5, 5.41) is 4.71. The van der Waals surface area contributed by atoms with E-state index >= 15 is 0 Å². The van der Waals surface area contributed by atoms with Crippen molar-refractivity contribution in [2.24, 2.45) is 5.92 Å². The van der Waals surface area contributed by atoms with E-state index in [9.17, 15) is 18.0 Å². The van der Waals surface area contributed by atoms with Gasteiger partial charge in [-0.25, -0.2) is 13.2 Å². The van der Waals surface area contributed by atoms with Gasteiger partial charge in [0.1, 0.15) is 5.75 Å². The molecule has 1 N–H and O–H groups in total. The lowest BCUT2D eigenvalue weighted by atomic mass is 9.97. The highest BCUT2D eigenvalue weighted by Crippen LogP contribution is 2.27. The minimum atomic E-state index is -3.64. The van der Waals surface area contributed by atoms with E-state index in [-0.39, 0.29) is 36.4 Å². The molecule has 3 aromatic carbocycles. The summed E-state index contributed by atoms with van der Waals surface area (Å²) in [6.45, 7) is 0.323. The first-order valence-electron chi connectivity index (χ1n) is 11.0. The number of anilines is 1. The fraction of sp³-hybridized carbons (Fsp3) is 0.280. The van der Waals surface area contributed by atoms with Crippen molar-refractivity contribution in [1.82, 2.24) is 4.31 Å². The molecule has 0 saturated carbocycles. The third-order valence-corrected chi connectivity index (χ3v) is 7.76. The predicted octanol–water partition coefficient (Wildman–Crippen LogP) is 3.43. The van der Waals surface area contributed by atoms with Crippen LogP contribution in [0.2, 0.25) is 0 Å². The summed E-state index contributed by atoms with van der Waals surface area (Å²) >= 11 is 0. The van der Waals surface area contributed by atoms with E-state index in [1.807, 2.05) is 30.3 Å². The molecule has 0 spiro atoms. The summed E-state index contributed by atoms with van der Waals surface area (Å²) in [6.07, 6.45) is 0.856. The number of piperidine rings is 1.